The van der Waals surface area contributed by atoms with Gasteiger partial charge in [-0.25, -0.2) is 4.98 Å². The standard InChI is InChI=1S/C24H24N4O2/c29-24-18-6-2-4-8-21(18)26-23(28(24)17-9-10-17)19-15-16-5-1-3-7-20(16)25-22(19)27-11-13-30-14-12-27/h1-8,15,17,23,26H,9-14H2. The molecule has 1 saturated carbocycles. The van der Waals surface area contributed by atoms with Crippen molar-refractivity contribution in [3.63, 3.8) is 0 Å². The lowest BCUT2D eigenvalue weighted by Crippen LogP contribution is -2.45. The number of fused-ring (bicyclic) bond motifs is 2. The van der Waals surface area contributed by atoms with Crippen molar-refractivity contribution in [2.75, 3.05) is 36.5 Å². The Morgan fingerprint density at radius 1 is 1.00 bits per heavy atom. The number of benzene rings is 2. The van der Waals surface area contributed by atoms with Crippen LogP contribution in [0.1, 0.15) is 34.9 Å². The van der Waals surface area contributed by atoms with Crippen LogP contribution in [0.3, 0.4) is 0 Å². The first-order valence-corrected chi connectivity index (χ1v) is 10.7. The minimum absolute atomic E-state index is 0.109. The monoisotopic (exact) mass is 400 g/mol. The normalized spacial score (nSPS) is 21.5. The number of para-hydroxylation sites is 2. The van der Waals surface area contributed by atoms with Gasteiger partial charge in [-0.1, -0.05) is 30.3 Å². The lowest BCUT2D eigenvalue weighted by molar-refractivity contribution is 0.0666. The van der Waals surface area contributed by atoms with Crippen molar-refractivity contribution in [1.29, 1.82) is 0 Å². The Balaban J connectivity index is 1.52. The summed E-state index contributed by atoms with van der Waals surface area (Å²) in [6.07, 6.45) is 1.88. The van der Waals surface area contributed by atoms with Gasteiger partial charge in [-0.05, 0) is 37.1 Å². The fourth-order valence-corrected chi connectivity index (χ4v) is 4.58. The molecule has 2 aromatic carbocycles. The molecule has 0 bridgehead atoms. The van der Waals surface area contributed by atoms with Crippen LogP contribution in [-0.2, 0) is 4.74 Å². The SMILES string of the molecule is O=C1c2ccccc2NC(c2cc3ccccc3nc2N2CCOCC2)N1C1CC1. The lowest BCUT2D eigenvalue weighted by atomic mass is 10.0. The summed E-state index contributed by atoms with van der Waals surface area (Å²) in [5.41, 5.74) is 3.68. The van der Waals surface area contributed by atoms with Crippen molar-refractivity contribution in [2.24, 2.45) is 0 Å². The number of aromatic nitrogens is 1. The highest BCUT2D eigenvalue weighted by molar-refractivity contribution is 6.02. The molecule has 1 atom stereocenters. The van der Waals surface area contributed by atoms with Crippen LogP contribution in [0, 0.1) is 0 Å². The van der Waals surface area contributed by atoms with E-state index in [0.29, 0.717) is 13.2 Å². The molecule has 0 spiro atoms. The number of carbonyl (C=O) groups excluding carboxylic acids is 1. The summed E-state index contributed by atoms with van der Waals surface area (Å²) in [6, 6.07) is 18.5. The number of nitrogens with one attached hydrogen (secondary N) is 1. The molecule has 30 heavy (non-hydrogen) atoms. The maximum atomic E-state index is 13.5. The van der Waals surface area contributed by atoms with Gasteiger partial charge in [-0.3, -0.25) is 4.79 Å². The summed E-state index contributed by atoms with van der Waals surface area (Å²) in [6.45, 7) is 3.00. The molecule has 1 saturated heterocycles. The molecule has 1 N–H and O–H groups in total. The zero-order valence-corrected chi connectivity index (χ0v) is 16.8. The number of hydrogen-bond donors (Lipinski definition) is 1. The number of hydrogen-bond acceptors (Lipinski definition) is 5. The molecule has 3 aromatic rings. The molecule has 6 heteroatoms. The van der Waals surface area contributed by atoms with Crippen molar-refractivity contribution in [1.82, 2.24) is 9.88 Å². The third kappa shape index (κ3) is 2.91. The predicted octanol–water partition coefficient (Wildman–Crippen LogP) is 3.80. The average Bonchev–Trinajstić information content (AvgIpc) is 3.64. The number of carbonyl (C=O) groups is 1. The van der Waals surface area contributed by atoms with Crippen LogP contribution in [0.25, 0.3) is 10.9 Å². The van der Waals surface area contributed by atoms with E-state index in [0.717, 1.165) is 59.5 Å². The van der Waals surface area contributed by atoms with Crippen LogP contribution in [0.15, 0.2) is 54.6 Å². The summed E-state index contributed by atoms with van der Waals surface area (Å²) in [7, 11) is 0. The number of rotatable bonds is 3. The van der Waals surface area contributed by atoms with Gasteiger partial charge in [0.15, 0.2) is 0 Å². The Kier molecular flexibility index (Phi) is 4.13. The first-order chi connectivity index (χ1) is 14.8. The van der Waals surface area contributed by atoms with Crippen molar-refractivity contribution >= 4 is 28.3 Å². The molecular formula is C24H24N4O2. The second-order valence-electron chi connectivity index (χ2n) is 8.23. The van der Waals surface area contributed by atoms with Gasteiger partial charge in [0.25, 0.3) is 5.91 Å². The molecule has 1 aliphatic carbocycles. The Labute approximate surface area is 175 Å². The van der Waals surface area contributed by atoms with E-state index in [9.17, 15) is 4.79 Å². The third-order valence-corrected chi connectivity index (χ3v) is 6.24. The number of morpholine rings is 1. The minimum atomic E-state index is -0.227. The Morgan fingerprint density at radius 3 is 2.60 bits per heavy atom. The summed E-state index contributed by atoms with van der Waals surface area (Å²) in [5.74, 6) is 1.06. The second-order valence-corrected chi connectivity index (χ2v) is 8.23. The number of pyridine rings is 1. The summed E-state index contributed by atoms with van der Waals surface area (Å²) < 4.78 is 5.58. The van der Waals surface area contributed by atoms with Crippen molar-refractivity contribution < 1.29 is 9.53 Å². The zero-order valence-electron chi connectivity index (χ0n) is 16.8. The van der Waals surface area contributed by atoms with Gasteiger partial charge in [0.2, 0.25) is 0 Å². The highest BCUT2D eigenvalue weighted by atomic mass is 16.5. The van der Waals surface area contributed by atoms with E-state index in [4.69, 9.17) is 9.72 Å². The highest BCUT2D eigenvalue weighted by Gasteiger charge is 2.43. The zero-order chi connectivity index (χ0) is 20.1. The Hall–Kier alpha value is -3.12. The molecule has 6 nitrogen and oxygen atoms in total. The summed E-state index contributed by atoms with van der Waals surface area (Å²) in [5, 5.41) is 4.76. The lowest BCUT2D eigenvalue weighted by Gasteiger charge is -2.40. The van der Waals surface area contributed by atoms with Gasteiger partial charge in [0.1, 0.15) is 12.0 Å². The smallest absolute Gasteiger partial charge is 0.258 e. The van der Waals surface area contributed by atoms with E-state index < -0.39 is 0 Å². The number of amides is 1. The van der Waals surface area contributed by atoms with Crippen LogP contribution in [0.2, 0.25) is 0 Å². The molecule has 6 rings (SSSR count). The highest BCUT2D eigenvalue weighted by Crippen LogP contribution is 2.43. The second kappa shape index (κ2) is 6.99. The maximum Gasteiger partial charge on any atom is 0.258 e. The Bertz CT molecular complexity index is 1120. The first kappa shape index (κ1) is 17.7. The van der Waals surface area contributed by atoms with E-state index >= 15 is 0 Å². The molecule has 2 fully saturated rings. The van der Waals surface area contributed by atoms with Crippen LogP contribution < -0.4 is 10.2 Å². The van der Waals surface area contributed by atoms with E-state index in [-0.39, 0.29) is 18.1 Å². The van der Waals surface area contributed by atoms with E-state index in [1.54, 1.807) is 0 Å². The molecule has 3 heterocycles. The molecular weight excluding hydrogens is 376 g/mol. The molecule has 1 amide bonds. The maximum absolute atomic E-state index is 13.5. The van der Waals surface area contributed by atoms with Crippen LogP contribution in [0.5, 0.6) is 0 Å². The summed E-state index contributed by atoms with van der Waals surface area (Å²) in [4.78, 5) is 22.9. The molecule has 2 aliphatic heterocycles. The Morgan fingerprint density at radius 2 is 1.77 bits per heavy atom. The van der Waals surface area contributed by atoms with E-state index in [1.165, 1.54) is 0 Å². The largest absolute Gasteiger partial charge is 0.378 e. The quantitative estimate of drug-likeness (QED) is 0.725. The number of ether oxygens (including phenoxy) is 1. The molecule has 1 aromatic heterocycles. The van der Waals surface area contributed by atoms with Gasteiger partial charge in [0, 0.05) is 35.8 Å². The van der Waals surface area contributed by atoms with Crippen LogP contribution in [-0.4, -0.2) is 48.1 Å². The van der Waals surface area contributed by atoms with Crippen LogP contribution in [0.4, 0.5) is 11.5 Å². The minimum Gasteiger partial charge on any atom is -0.378 e. The fraction of sp³-hybridized carbons (Fsp3) is 0.333. The summed E-state index contributed by atoms with van der Waals surface area (Å²) >= 11 is 0. The van der Waals surface area contributed by atoms with Gasteiger partial charge < -0.3 is 19.9 Å². The third-order valence-electron chi connectivity index (χ3n) is 6.24. The molecule has 1 unspecified atom stereocenters. The van der Waals surface area contributed by atoms with E-state index in [2.05, 4.69) is 28.4 Å². The van der Waals surface area contributed by atoms with Crippen molar-refractivity contribution in [3.05, 3.63) is 65.7 Å². The van der Waals surface area contributed by atoms with Gasteiger partial charge in [-0.15, -0.1) is 0 Å². The molecule has 152 valence electrons. The predicted molar refractivity (Wildman–Crippen MR) is 117 cm³/mol. The van der Waals surface area contributed by atoms with Crippen LogP contribution >= 0.6 is 0 Å². The first-order valence-electron chi connectivity index (χ1n) is 10.7. The molecule has 3 aliphatic rings. The average molecular weight is 400 g/mol. The van der Waals surface area contributed by atoms with Gasteiger partial charge in [0.05, 0.1) is 24.3 Å². The fourth-order valence-electron chi connectivity index (χ4n) is 4.58. The number of nitrogens with zero attached hydrogens (tertiary/aromatic N) is 3. The molecule has 0 radical (unpaired) electrons. The topological polar surface area (TPSA) is 57.7 Å². The van der Waals surface area contributed by atoms with Crippen molar-refractivity contribution in [2.45, 2.75) is 25.0 Å². The number of anilines is 2. The van der Waals surface area contributed by atoms with Crippen molar-refractivity contribution in [3.8, 4) is 0 Å². The van der Waals surface area contributed by atoms with E-state index in [1.807, 2.05) is 41.3 Å². The van der Waals surface area contributed by atoms with Gasteiger partial charge >= 0.3 is 0 Å². The van der Waals surface area contributed by atoms with Gasteiger partial charge in [-0.2, -0.15) is 0 Å².